The summed E-state index contributed by atoms with van der Waals surface area (Å²) in [7, 11) is 0. The van der Waals surface area contributed by atoms with Crippen molar-refractivity contribution in [3.63, 3.8) is 0 Å². The molecule has 0 aliphatic carbocycles. The maximum atomic E-state index is 2.74. The summed E-state index contributed by atoms with van der Waals surface area (Å²) in [6.07, 6.45) is 10.4. The summed E-state index contributed by atoms with van der Waals surface area (Å²) in [4.78, 5) is 2.74. The van der Waals surface area contributed by atoms with Gasteiger partial charge >= 0.3 is 213 Å². The molecule has 5 aliphatic heterocycles. The molecule has 0 spiro atoms. The van der Waals surface area contributed by atoms with Crippen LogP contribution in [0.3, 0.4) is 0 Å². The zero-order valence-corrected chi connectivity index (χ0v) is 22.2. The third-order valence-corrected chi connectivity index (χ3v) is 12.6. The van der Waals surface area contributed by atoms with Crippen molar-refractivity contribution in [3.8, 4) is 0 Å². The second-order valence-electron chi connectivity index (χ2n) is 10.7. The molecular formula is C31H31N2Te+. The second kappa shape index (κ2) is 7.71. The summed E-state index contributed by atoms with van der Waals surface area (Å²) < 4.78 is 6.30. The first-order chi connectivity index (χ1) is 16.9. The molecular weight excluding hydrogens is 528 g/mol. The van der Waals surface area contributed by atoms with E-state index in [0.717, 1.165) is 0 Å². The number of fused-ring (bicyclic) bond motifs is 4. The molecule has 2 nitrogen and oxygen atoms in total. The van der Waals surface area contributed by atoms with Crippen LogP contribution in [0.5, 0.6) is 0 Å². The van der Waals surface area contributed by atoms with E-state index >= 15 is 0 Å². The third kappa shape index (κ3) is 2.84. The van der Waals surface area contributed by atoms with Gasteiger partial charge in [-0.25, -0.2) is 0 Å². The van der Waals surface area contributed by atoms with E-state index in [9.17, 15) is 0 Å². The van der Waals surface area contributed by atoms with Crippen LogP contribution in [-0.2, 0) is 25.7 Å². The maximum absolute atomic E-state index is 2.74. The molecule has 3 aromatic carbocycles. The summed E-state index contributed by atoms with van der Waals surface area (Å²) in [6.45, 7) is 5.05. The van der Waals surface area contributed by atoms with Crippen LogP contribution >= 0.6 is 0 Å². The second-order valence-corrected chi connectivity index (χ2v) is 13.6. The average Bonchev–Trinajstić information content (AvgIpc) is 2.89. The first kappa shape index (κ1) is 20.1. The zero-order chi connectivity index (χ0) is 22.2. The van der Waals surface area contributed by atoms with E-state index in [1.165, 1.54) is 83.1 Å². The molecule has 0 atom stereocenters. The number of anilines is 1. The predicted octanol–water partition coefficient (Wildman–Crippen LogP) is 1.98. The van der Waals surface area contributed by atoms with Crippen LogP contribution in [0.1, 0.15) is 59.1 Å². The van der Waals surface area contributed by atoms with Crippen LogP contribution in [0, 0.1) is 0 Å². The van der Waals surface area contributed by atoms with Gasteiger partial charge in [-0.3, -0.25) is 0 Å². The molecule has 3 heteroatoms. The Labute approximate surface area is 212 Å². The molecule has 0 unspecified atom stereocenters. The molecule has 170 valence electrons. The normalized spacial score (nSPS) is 19.8. The summed E-state index contributed by atoms with van der Waals surface area (Å²) in [5.74, 6) is 0. The first-order valence-electron chi connectivity index (χ1n) is 13.3. The molecule has 0 aromatic heterocycles. The van der Waals surface area contributed by atoms with Crippen LogP contribution in [0.2, 0.25) is 0 Å². The van der Waals surface area contributed by atoms with Crippen molar-refractivity contribution >= 4 is 39.4 Å². The Morgan fingerprint density at radius 1 is 0.735 bits per heavy atom. The molecule has 0 bridgehead atoms. The van der Waals surface area contributed by atoms with Crippen molar-refractivity contribution in [2.45, 2.75) is 51.4 Å². The van der Waals surface area contributed by atoms with Gasteiger partial charge < -0.3 is 0 Å². The standard InChI is InChI=1S/C31H31N2Te/c1-2-8-20(9-3-1)27-25-18-21-10-4-14-32-16-6-12-23(28(21)32)30(25)34-31-24-13-7-17-33-15-5-11-22(29(24)33)19-26(27)31/h1-3,8-9,18-19H,4-7,10-17H2/q+1. The van der Waals surface area contributed by atoms with Crippen LogP contribution in [-0.4, -0.2) is 47.1 Å². The molecule has 8 rings (SSSR count). The van der Waals surface area contributed by atoms with Crippen molar-refractivity contribution in [1.82, 2.24) is 4.58 Å². The van der Waals surface area contributed by atoms with E-state index in [1.807, 2.05) is 0 Å². The Bertz CT molecular complexity index is 1480. The SMILES string of the molecule is c1ccc(C2=c3cc4c5c(c3[Te]c3c2cc2c6c3CCCN6CCC2)CCC[N+]=5CCC4)cc1. The van der Waals surface area contributed by atoms with Gasteiger partial charge in [0.2, 0.25) is 0 Å². The van der Waals surface area contributed by atoms with Gasteiger partial charge in [-0.2, -0.15) is 0 Å². The van der Waals surface area contributed by atoms with Gasteiger partial charge in [0.25, 0.3) is 0 Å². The first-order valence-corrected chi connectivity index (χ1v) is 15.7. The number of benzene rings is 3. The number of hydrogen-bond acceptors (Lipinski definition) is 1. The van der Waals surface area contributed by atoms with Crippen LogP contribution in [0.4, 0.5) is 5.69 Å². The fourth-order valence-electron chi connectivity index (χ4n) is 7.43. The Kier molecular flexibility index (Phi) is 4.57. The van der Waals surface area contributed by atoms with Crippen molar-refractivity contribution in [1.29, 1.82) is 0 Å². The van der Waals surface area contributed by atoms with E-state index in [0.29, 0.717) is 0 Å². The summed E-state index contributed by atoms with van der Waals surface area (Å²) in [5, 5.41) is 3.26. The molecule has 34 heavy (non-hydrogen) atoms. The monoisotopic (exact) mass is 561 g/mol. The van der Waals surface area contributed by atoms with E-state index in [-0.39, 0.29) is 0 Å². The molecule has 0 saturated heterocycles. The third-order valence-electron chi connectivity index (χ3n) is 8.75. The van der Waals surface area contributed by atoms with Crippen molar-refractivity contribution in [2.24, 2.45) is 0 Å². The van der Waals surface area contributed by atoms with E-state index in [2.05, 4.69) is 51.9 Å². The Balaban J connectivity index is 1.52. The Hall–Kier alpha value is -2.08. The minimum atomic E-state index is -0.417. The van der Waals surface area contributed by atoms with E-state index in [4.69, 9.17) is 0 Å². The number of aryl methyl sites for hydroxylation is 2. The summed E-state index contributed by atoms with van der Waals surface area (Å²) in [6, 6.07) is 16.7. The number of nitrogens with zero attached hydrogens (tertiary/aromatic N) is 2. The predicted molar refractivity (Wildman–Crippen MR) is 142 cm³/mol. The Morgan fingerprint density at radius 2 is 1.50 bits per heavy atom. The van der Waals surface area contributed by atoms with Gasteiger partial charge in [0.15, 0.2) is 0 Å². The fraction of sp³-hybridized carbons (Fsp3) is 0.387. The van der Waals surface area contributed by atoms with Crippen molar-refractivity contribution < 1.29 is 0 Å². The molecule has 3 aromatic rings. The molecule has 0 radical (unpaired) electrons. The van der Waals surface area contributed by atoms with Gasteiger partial charge in [-0.1, -0.05) is 0 Å². The molecule has 0 fully saturated rings. The molecule has 5 heterocycles. The van der Waals surface area contributed by atoms with Crippen molar-refractivity contribution in [3.05, 3.63) is 86.4 Å². The zero-order valence-electron chi connectivity index (χ0n) is 19.8. The van der Waals surface area contributed by atoms with Gasteiger partial charge in [0.05, 0.1) is 0 Å². The molecule has 0 amide bonds. The molecule has 0 N–H and O–H groups in total. The van der Waals surface area contributed by atoms with Crippen LogP contribution in [0.15, 0.2) is 42.5 Å². The van der Waals surface area contributed by atoms with Crippen molar-refractivity contribution in [2.75, 3.05) is 31.1 Å². The molecule has 5 aliphatic rings. The van der Waals surface area contributed by atoms with Gasteiger partial charge in [-0.05, 0) is 0 Å². The topological polar surface area (TPSA) is 6.25 Å². The van der Waals surface area contributed by atoms with Crippen LogP contribution < -0.4 is 27.3 Å². The quantitative estimate of drug-likeness (QED) is 0.256. The summed E-state index contributed by atoms with van der Waals surface area (Å²) >= 11 is -0.417. The summed E-state index contributed by atoms with van der Waals surface area (Å²) in [5.41, 5.74) is 13.0. The van der Waals surface area contributed by atoms with Gasteiger partial charge in [-0.15, -0.1) is 0 Å². The minimum absolute atomic E-state index is 0.417. The molecule has 0 saturated carbocycles. The fourth-order valence-corrected chi connectivity index (χ4v) is 11.4. The van der Waals surface area contributed by atoms with Gasteiger partial charge in [0.1, 0.15) is 0 Å². The van der Waals surface area contributed by atoms with Crippen LogP contribution in [0.25, 0.3) is 5.57 Å². The number of hydrogen-bond donors (Lipinski definition) is 0. The Morgan fingerprint density at radius 3 is 2.38 bits per heavy atom. The van der Waals surface area contributed by atoms with Gasteiger partial charge in [0, 0.05) is 0 Å². The van der Waals surface area contributed by atoms with E-state index in [1.54, 1.807) is 56.9 Å². The average molecular weight is 559 g/mol. The number of rotatable bonds is 1. The van der Waals surface area contributed by atoms with E-state index < -0.39 is 20.9 Å².